The fourth-order valence-corrected chi connectivity index (χ4v) is 3.36. The van der Waals surface area contributed by atoms with Crippen LogP contribution in [0.5, 0.6) is 0 Å². The van der Waals surface area contributed by atoms with Gasteiger partial charge in [0.2, 0.25) is 15.8 Å². The van der Waals surface area contributed by atoms with Crippen LogP contribution in [0.15, 0.2) is 10.5 Å². The quantitative estimate of drug-likeness (QED) is 0.833. The molecule has 0 aromatic carbocycles. The summed E-state index contributed by atoms with van der Waals surface area (Å²) in [6.45, 7) is 3.15. The number of rotatable bonds is 5. The van der Waals surface area contributed by atoms with E-state index in [2.05, 4.69) is 5.32 Å². The van der Waals surface area contributed by atoms with Crippen LogP contribution in [0.4, 0.5) is 0 Å². The van der Waals surface area contributed by atoms with E-state index >= 15 is 0 Å². The molecule has 0 saturated carbocycles. The van der Waals surface area contributed by atoms with Crippen LogP contribution < -0.4 is 5.32 Å². The number of aryl methyl sites for hydroxylation is 1. The molecule has 0 spiro atoms. The second-order valence-electron chi connectivity index (χ2n) is 5.35. The maximum absolute atomic E-state index is 11.4. The van der Waals surface area contributed by atoms with Gasteiger partial charge in [0.1, 0.15) is 5.76 Å². The SMILES string of the molecule is Cc1cc(CNC2CCN(S(C)(=O)=O)CC2)oc1C(=O)O. The van der Waals surface area contributed by atoms with E-state index in [1.807, 2.05) is 0 Å². The Balaban J connectivity index is 1.85. The number of carboxylic acids is 1. The molecule has 2 rings (SSSR count). The lowest BCUT2D eigenvalue weighted by Gasteiger charge is -2.30. The first-order valence-corrected chi connectivity index (χ1v) is 8.63. The second kappa shape index (κ2) is 6.17. The molecule has 1 aliphatic heterocycles. The fraction of sp³-hybridized carbons (Fsp3) is 0.615. The Kier molecular flexibility index (Phi) is 4.70. The molecule has 8 heteroatoms. The van der Waals surface area contributed by atoms with Crippen LogP contribution in [0.3, 0.4) is 0 Å². The van der Waals surface area contributed by atoms with Gasteiger partial charge in [-0.15, -0.1) is 0 Å². The zero-order chi connectivity index (χ0) is 15.6. The predicted molar refractivity (Wildman–Crippen MR) is 76.7 cm³/mol. The van der Waals surface area contributed by atoms with Crippen molar-refractivity contribution < 1.29 is 22.7 Å². The van der Waals surface area contributed by atoms with Crippen molar-refractivity contribution in [2.45, 2.75) is 32.4 Å². The van der Waals surface area contributed by atoms with E-state index in [-0.39, 0.29) is 11.8 Å². The van der Waals surface area contributed by atoms with E-state index in [1.54, 1.807) is 13.0 Å². The smallest absolute Gasteiger partial charge is 0.372 e. The van der Waals surface area contributed by atoms with Gasteiger partial charge in [-0.2, -0.15) is 0 Å². The Morgan fingerprint density at radius 1 is 1.48 bits per heavy atom. The summed E-state index contributed by atoms with van der Waals surface area (Å²) in [5.74, 6) is -0.519. The number of carboxylic acid groups (broad SMARTS) is 1. The van der Waals surface area contributed by atoms with Crippen LogP contribution in [0.25, 0.3) is 0 Å². The zero-order valence-corrected chi connectivity index (χ0v) is 12.9. The Morgan fingerprint density at radius 3 is 2.57 bits per heavy atom. The fourth-order valence-electron chi connectivity index (χ4n) is 2.48. The number of sulfonamides is 1. The molecule has 1 aromatic heterocycles. The standard InChI is InChI=1S/C13H20N2O5S/c1-9-7-11(20-12(9)13(16)17)8-14-10-3-5-15(6-4-10)21(2,18)19/h7,10,14H,3-6,8H2,1-2H3,(H,16,17). The second-order valence-corrected chi connectivity index (χ2v) is 7.33. The number of nitrogens with one attached hydrogen (secondary N) is 1. The van der Waals surface area contributed by atoms with Gasteiger partial charge in [-0.05, 0) is 25.8 Å². The topological polar surface area (TPSA) is 99.9 Å². The highest BCUT2D eigenvalue weighted by Gasteiger charge is 2.24. The lowest BCUT2D eigenvalue weighted by Crippen LogP contribution is -2.44. The summed E-state index contributed by atoms with van der Waals surface area (Å²) in [7, 11) is -3.11. The van der Waals surface area contributed by atoms with Crippen molar-refractivity contribution in [2.24, 2.45) is 0 Å². The van der Waals surface area contributed by atoms with E-state index in [0.29, 0.717) is 31.0 Å². The largest absolute Gasteiger partial charge is 0.475 e. The van der Waals surface area contributed by atoms with Crippen LogP contribution >= 0.6 is 0 Å². The lowest BCUT2D eigenvalue weighted by molar-refractivity contribution is 0.0659. The average Bonchev–Trinajstić information content (AvgIpc) is 2.77. The zero-order valence-electron chi connectivity index (χ0n) is 12.1. The molecule has 0 bridgehead atoms. The van der Waals surface area contributed by atoms with Gasteiger partial charge in [0, 0.05) is 24.7 Å². The molecule has 0 atom stereocenters. The van der Waals surface area contributed by atoms with Gasteiger partial charge < -0.3 is 14.8 Å². The van der Waals surface area contributed by atoms with Crippen molar-refractivity contribution >= 4 is 16.0 Å². The van der Waals surface area contributed by atoms with Gasteiger partial charge in [0.15, 0.2) is 0 Å². The molecule has 1 aromatic rings. The van der Waals surface area contributed by atoms with Crippen LogP contribution in [-0.2, 0) is 16.6 Å². The van der Waals surface area contributed by atoms with Gasteiger partial charge in [0.05, 0.1) is 12.8 Å². The van der Waals surface area contributed by atoms with Gasteiger partial charge in [0.25, 0.3) is 0 Å². The summed E-state index contributed by atoms with van der Waals surface area (Å²) in [5, 5.41) is 12.2. The minimum atomic E-state index is -3.11. The maximum Gasteiger partial charge on any atom is 0.372 e. The normalized spacial score (nSPS) is 18.0. The predicted octanol–water partition coefficient (Wildman–Crippen LogP) is 0.800. The molecular weight excluding hydrogens is 296 g/mol. The van der Waals surface area contributed by atoms with Crippen LogP contribution in [0, 0.1) is 6.92 Å². The van der Waals surface area contributed by atoms with E-state index in [0.717, 1.165) is 12.8 Å². The van der Waals surface area contributed by atoms with Crippen molar-refractivity contribution in [3.63, 3.8) is 0 Å². The van der Waals surface area contributed by atoms with Gasteiger partial charge in [-0.1, -0.05) is 0 Å². The first-order valence-electron chi connectivity index (χ1n) is 6.78. The highest BCUT2D eigenvalue weighted by Crippen LogP contribution is 2.17. The maximum atomic E-state index is 11.4. The lowest BCUT2D eigenvalue weighted by atomic mass is 10.1. The Morgan fingerprint density at radius 2 is 2.10 bits per heavy atom. The highest BCUT2D eigenvalue weighted by atomic mass is 32.2. The number of aromatic carboxylic acids is 1. The van der Waals surface area contributed by atoms with Gasteiger partial charge in [-0.25, -0.2) is 17.5 Å². The summed E-state index contributed by atoms with van der Waals surface area (Å²) in [4.78, 5) is 10.9. The van der Waals surface area contributed by atoms with Gasteiger partial charge in [-0.3, -0.25) is 0 Å². The molecule has 7 nitrogen and oxygen atoms in total. The van der Waals surface area contributed by atoms with Crippen LogP contribution in [-0.4, -0.2) is 49.2 Å². The third-order valence-electron chi connectivity index (χ3n) is 3.65. The van der Waals surface area contributed by atoms with E-state index in [1.165, 1.54) is 10.6 Å². The number of carbonyl (C=O) groups is 1. The molecule has 1 saturated heterocycles. The molecule has 0 unspecified atom stereocenters. The van der Waals surface area contributed by atoms with Crippen LogP contribution in [0.1, 0.15) is 34.7 Å². The monoisotopic (exact) mass is 316 g/mol. The molecule has 0 radical (unpaired) electrons. The van der Waals surface area contributed by atoms with Crippen molar-refractivity contribution in [3.05, 3.63) is 23.2 Å². The summed E-state index contributed by atoms with van der Waals surface area (Å²) in [6, 6.07) is 1.92. The summed E-state index contributed by atoms with van der Waals surface area (Å²) in [5.41, 5.74) is 0.603. The van der Waals surface area contributed by atoms with Crippen molar-refractivity contribution in [2.75, 3.05) is 19.3 Å². The van der Waals surface area contributed by atoms with Gasteiger partial charge >= 0.3 is 5.97 Å². The number of hydrogen-bond acceptors (Lipinski definition) is 5. The summed E-state index contributed by atoms with van der Waals surface area (Å²) in [6.07, 6.45) is 2.69. The van der Waals surface area contributed by atoms with Crippen molar-refractivity contribution in [1.82, 2.24) is 9.62 Å². The molecule has 2 N–H and O–H groups in total. The molecular formula is C13H20N2O5S. The van der Waals surface area contributed by atoms with Crippen molar-refractivity contribution in [1.29, 1.82) is 0 Å². The third kappa shape index (κ3) is 4.05. The number of piperidine rings is 1. The van der Waals surface area contributed by atoms with E-state index in [9.17, 15) is 13.2 Å². The molecule has 118 valence electrons. The summed E-state index contributed by atoms with van der Waals surface area (Å²) >= 11 is 0. The van der Waals surface area contributed by atoms with E-state index < -0.39 is 16.0 Å². The molecule has 0 aliphatic carbocycles. The molecule has 21 heavy (non-hydrogen) atoms. The number of furan rings is 1. The average molecular weight is 316 g/mol. The number of hydrogen-bond donors (Lipinski definition) is 2. The minimum absolute atomic E-state index is 0.0290. The summed E-state index contributed by atoms with van der Waals surface area (Å²) < 4.78 is 29.6. The number of nitrogens with zero attached hydrogens (tertiary/aromatic N) is 1. The Labute approximate surface area is 124 Å². The minimum Gasteiger partial charge on any atom is -0.475 e. The Bertz CT molecular complexity index is 615. The first kappa shape index (κ1) is 16.0. The molecule has 2 heterocycles. The first-order chi connectivity index (χ1) is 9.77. The molecule has 1 aliphatic rings. The van der Waals surface area contributed by atoms with E-state index in [4.69, 9.17) is 9.52 Å². The Hall–Kier alpha value is -1.38. The third-order valence-corrected chi connectivity index (χ3v) is 4.95. The molecule has 0 amide bonds. The molecule has 1 fully saturated rings. The van der Waals surface area contributed by atoms with Crippen molar-refractivity contribution in [3.8, 4) is 0 Å². The highest BCUT2D eigenvalue weighted by molar-refractivity contribution is 7.88. The van der Waals surface area contributed by atoms with Crippen LogP contribution in [0.2, 0.25) is 0 Å².